The van der Waals surface area contributed by atoms with Crippen molar-refractivity contribution in [3.05, 3.63) is 70.5 Å². The van der Waals surface area contributed by atoms with Crippen molar-refractivity contribution in [2.24, 2.45) is 10.9 Å². The summed E-state index contributed by atoms with van der Waals surface area (Å²) in [7, 11) is -3.76. The van der Waals surface area contributed by atoms with Crippen molar-refractivity contribution in [2.75, 3.05) is 12.9 Å². The Labute approximate surface area is 165 Å². The number of aliphatic hydroxyl groups excluding tert-OH is 1. The van der Waals surface area contributed by atoms with Crippen LogP contribution in [0.4, 0.5) is 4.39 Å². The smallest absolute Gasteiger partial charge is 0.264 e. The number of halogens is 1. The van der Waals surface area contributed by atoms with Gasteiger partial charge in [0.15, 0.2) is 0 Å². The molecule has 28 heavy (non-hydrogen) atoms. The molecule has 1 N–H and O–H groups in total. The molecule has 0 heterocycles. The predicted octanol–water partition coefficient (Wildman–Crippen LogP) is 3.23. The van der Waals surface area contributed by atoms with Crippen LogP contribution in [0, 0.1) is 11.7 Å². The summed E-state index contributed by atoms with van der Waals surface area (Å²) in [6.45, 7) is 5.08. The number of hydrogen-bond donors (Lipinski definition) is 1. The van der Waals surface area contributed by atoms with Gasteiger partial charge in [0, 0.05) is 5.92 Å². The second-order valence-electron chi connectivity index (χ2n) is 7.25. The second-order valence-corrected chi connectivity index (χ2v) is 8.85. The van der Waals surface area contributed by atoms with Crippen LogP contribution in [-0.2, 0) is 20.7 Å². The maximum atomic E-state index is 14.0. The fourth-order valence-electron chi connectivity index (χ4n) is 4.11. The number of fused-ring (bicyclic) bond motifs is 2. The summed E-state index contributed by atoms with van der Waals surface area (Å²) in [5.41, 5.74) is 3.69. The number of nitrogens with zero attached hydrogens (tertiary/aromatic N) is 1. The Kier molecular flexibility index (Phi) is 5.98. The topological polar surface area (TPSA) is 76.0 Å². The highest BCUT2D eigenvalue weighted by Crippen LogP contribution is 2.46. The Morgan fingerprint density at radius 3 is 2.57 bits per heavy atom. The normalized spacial score (nSPS) is 21.1. The second kappa shape index (κ2) is 8.11. The highest BCUT2D eigenvalue weighted by molar-refractivity contribution is 7.86. The molecule has 150 valence electrons. The van der Waals surface area contributed by atoms with E-state index in [9.17, 15) is 17.9 Å². The molecule has 1 aliphatic rings. The molecule has 0 bridgehead atoms. The molecule has 2 aromatic carbocycles. The molecule has 0 saturated carbocycles. The quantitative estimate of drug-likeness (QED) is 0.591. The van der Waals surface area contributed by atoms with Crippen molar-refractivity contribution < 1.29 is 22.1 Å². The molecule has 2 aromatic rings. The van der Waals surface area contributed by atoms with Gasteiger partial charge >= 0.3 is 0 Å². The number of hydrogen-bond acceptors (Lipinski definition) is 5. The largest absolute Gasteiger partial charge is 0.394 e. The van der Waals surface area contributed by atoms with Gasteiger partial charge in [-0.15, -0.1) is 0 Å². The van der Waals surface area contributed by atoms with Gasteiger partial charge in [-0.25, -0.2) is 4.39 Å². The molecule has 4 atom stereocenters. The van der Waals surface area contributed by atoms with Gasteiger partial charge in [-0.05, 0) is 53.4 Å². The highest BCUT2D eigenvalue weighted by atomic mass is 32.2. The first-order valence-electron chi connectivity index (χ1n) is 9.06. The summed E-state index contributed by atoms with van der Waals surface area (Å²) in [5, 5.41) is 9.81. The lowest BCUT2D eigenvalue weighted by Gasteiger charge is -2.33. The number of rotatable bonds is 6. The van der Waals surface area contributed by atoms with Gasteiger partial charge in [0.1, 0.15) is 11.9 Å². The number of aliphatic imine (C=N–C) groups is 1. The van der Waals surface area contributed by atoms with Crippen LogP contribution in [0.2, 0.25) is 0 Å². The molecule has 1 aliphatic carbocycles. The summed E-state index contributed by atoms with van der Waals surface area (Å²) in [5.74, 6) is -1.13. The first-order valence-corrected chi connectivity index (χ1v) is 10.9. The first-order chi connectivity index (χ1) is 13.2. The van der Waals surface area contributed by atoms with Crippen molar-refractivity contribution >= 4 is 16.8 Å². The molecule has 7 heteroatoms. The van der Waals surface area contributed by atoms with Gasteiger partial charge in [-0.1, -0.05) is 37.3 Å². The molecule has 0 aromatic heterocycles. The van der Waals surface area contributed by atoms with E-state index in [-0.39, 0.29) is 11.7 Å². The Bertz CT molecular complexity index is 976. The zero-order valence-electron chi connectivity index (χ0n) is 15.9. The van der Waals surface area contributed by atoms with Gasteiger partial charge in [0.25, 0.3) is 10.1 Å². The van der Waals surface area contributed by atoms with Crippen molar-refractivity contribution in [2.45, 2.75) is 31.4 Å². The van der Waals surface area contributed by atoms with Crippen LogP contribution in [0.1, 0.15) is 41.1 Å². The minimum absolute atomic E-state index is 0.337. The van der Waals surface area contributed by atoms with E-state index in [4.69, 9.17) is 4.18 Å². The SMILES string of the molecule is C=N[C@@H]1c2cc(F)ccc2Cc2ccccc2[C@H]1[C@H](C)[C@H](CO)OS(C)(=O)=O. The Balaban J connectivity index is 2.17. The van der Waals surface area contributed by atoms with Crippen LogP contribution in [0.15, 0.2) is 47.5 Å². The van der Waals surface area contributed by atoms with Crippen LogP contribution in [0.3, 0.4) is 0 Å². The average molecular weight is 405 g/mol. The van der Waals surface area contributed by atoms with E-state index in [1.165, 1.54) is 12.1 Å². The average Bonchev–Trinajstić information content (AvgIpc) is 2.78. The van der Waals surface area contributed by atoms with Crippen molar-refractivity contribution in [3.63, 3.8) is 0 Å². The minimum atomic E-state index is -3.76. The maximum Gasteiger partial charge on any atom is 0.264 e. The van der Waals surface area contributed by atoms with Crippen LogP contribution in [-0.4, -0.2) is 39.2 Å². The fourth-order valence-corrected chi connectivity index (χ4v) is 4.80. The van der Waals surface area contributed by atoms with Gasteiger partial charge < -0.3 is 5.11 Å². The third-order valence-electron chi connectivity index (χ3n) is 5.39. The molecule has 0 aliphatic heterocycles. The van der Waals surface area contributed by atoms with E-state index < -0.39 is 34.8 Å². The lowest BCUT2D eigenvalue weighted by atomic mass is 9.76. The summed E-state index contributed by atoms with van der Waals surface area (Å²) in [6, 6.07) is 11.9. The predicted molar refractivity (Wildman–Crippen MR) is 107 cm³/mol. The lowest BCUT2D eigenvalue weighted by molar-refractivity contribution is 0.0651. The zero-order valence-corrected chi connectivity index (χ0v) is 16.7. The van der Waals surface area contributed by atoms with E-state index in [1.807, 2.05) is 31.2 Å². The summed E-state index contributed by atoms with van der Waals surface area (Å²) in [6.07, 6.45) is 0.613. The molecule has 0 amide bonds. The van der Waals surface area contributed by atoms with Crippen molar-refractivity contribution in [3.8, 4) is 0 Å². The first kappa shape index (κ1) is 20.6. The van der Waals surface area contributed by atoms with Gasteiger partial charge in [-0.2, -0.15) is 8.42 Å². The van der Waals surface area contributed by atoms with E-state index >= 15 is 0 Å². The molecule has 0 unspecified atom stereocenters. The molecule has 0 radical (unpaired) electrons. The highest BCUT2D eigenvalue weighted by Gasteiger charge is 2.39. The summed E-state index contributed by atoms with van der Waals surface area (Å²) < 4.78 is 42.5. The van der Waals surface area contributed by atoms with Gasteiger partial charge in [-0.3, -0.25) is 9.18 Å². The number of aliphatic hydroxyl groups is 1. The Hall–Kier alpha value is -2.09. The minimum Gasteiger partial charge on any atom is -0.394 e. The Morgan fingerprint density at radius 2 is 1.93 bits per heavy atom. The third kappa shape index (κ3) is 4.16. The standard InChI is InChI=1S/C21H24FNO4S/c1-13(19(12-24)27-28(3,25)26)20-17-7-5-4-6-14(17)10-15-8-9-16(22)11-18(15)21(20)23-2/h4-9,11,13,19-21,24H,2,10,12H2,1,3H3/t13-,19+,20-,21-/m1/s1. The zero-order chi connectivity index (χ0) is 20.5. The van der Waals surface area contributed by atoms with Crippen LogP contribution >= 0.6 is 0 Å². The molecular formula is C21H24FNO4S. The number of benzene rings is 2. The molecular weight excluding hydrogens is 381 g/mol. The van der Waals surface area contributed by atoms with E-state index in [1.54, 1.807) is 6.07 Å². The molecule has 3 rings (SSSR count). The van der Waals surface area contributed by atoms with E-state index in [0.717, 1.165) is 28.5 Å². The summed E-state index contributed by atoms with van der Waals surface area (Å²) >= 11 is 0. The van der Waals surface area contributed by atoms with Crippen molar-refractivity contribution in [1.29, 1.82) is 0 Å². The maximum absolute atomic E-state index is 14.0. The van der Waals surface area contributed by atoms with Gasteiger partial charge in [0.2, 0.25) is 0 Å². The van der Waals surface area contributed by atoms with Crippen LogP contribution in [0.25, 0.3) is 0 Å². The monoisotopic (exact) mass is 405 g/mol. The summed E-state index contributed by atoms with van der Waals surface area (Å²) in [4.78, 5) is 4.30. The molecule has 0 fully saturated rings. The Morgan fingerprint density at radius 1 is 1.25 bits per heavy atom. The molecule has 0 spiro atoms. The molecule has 0 saturated heterocycles. The van der Waals surface area contributed by atoms with Gasteiger partial charge in [0.05, 0.1) is 18.9 Å². The molecule has 5 nitrogen and oxygen atoms in total. The van der Waals surface area contributed by atoms with Crippen molar-refractivity contribution in [1.82, 2.24) is 0 Å². The fraction of sp³-hybridized carbons (Fsp3) is 0.381. The third-order valence-corrected chi connectivity index (χ3v) is 5.99. The van der Waals surface area contributed by atoms with Crippen LogP contribution in [0.5, 0.6) is 0 Å². The van der Waals surface area contributed by atoms with E-state index in [0.29, 0.717) is 6.42 Å². The van der Waals surface area contributed by atoms with E-state index in [2.05, 4.69) is 11.7 Å². The lowest BCUT2D eigenvalue weighted by Crippen LogP contribution is -2.34. The van der Waals surface area contributed by atoms with Crippen LogP contribution < -0.4 is 0 Å².